The van der Waals surface area contributed by atoms with E-state index in [1.165, 1.54) is 0 Å². The molecule has 0 unspecified atom stereocenters. The highest BCUT2D eigenvalue weighted by atomic mass is 16.4. The molecule has 0 saturated carbocycles. The Morgan fingerprint density at radius 1 is 0.340 bits per heavy atom. The zero-order chi connectivity index (χ0) is 33.0. The lowest BCUT2D eigenvalue weighted by molar-refractivity contribution is 0.620. The van der Waals surface area contributed by atoms with Crippen molar-refractivity contribution in [3.63, 3.8) is 0 Å². The summed E-state index contributed by atoms with van der Waals surface area (Å²) in [5.41, 5.74) is 8.72. The average Bonchev–Trinajstić information content (AvgIpc) is 3.81. The van der Waals surface area contributed by atoms with Gasteiger partial charge in [-0.1, -0.05) is 115 Å². The summed E-state index contributed by atoms with van der Waals surface area (Å²) in [6.07, 6.45) is 0. The lowest BCUT2D eigenvalue weighted by Crippen LogP contribution is -2.00. The first-order valence-corrected chi connectivity index (χ1v) is 16.5. The quantitative estimate of drug-likeness (QED) is 0.186. The number of benzene rings is 7. The van der Waals surface area contributed by atoms with Crippen LogP contribution >= 0.6 is 0 Å². The minimum atomic E-state index is 0.565. The van der Waals surface area contributed by atoms with Gasteiger partial charge in [0.2, 0.25) is 5.89 Å². The van der Waals surface area contributed by atoms with Gasteiger partial charge in [-0.15, -0.1) is 0 Å². The maximum Gasteiger partial charge on any atom is 0.227 e. The minimum absolute atomic E-state index is 0.565. The second kappa shape index (κ2) is 11.4. The van der Waals surface area contributed by atoms with E-state index in [2.05, 4.69) is 54.6 Å². The zero-order valence-corrected chi connectivity index (χ0v) is 26.6. The molecule has 0 bridgehead atoms. The van der Waals surface area contributed by atoms with Gasteiger partial charge in [-0.25, -0.2) is 19.9 Å². The molecule has 0 amide bonds. The molecule has 10 aromatic rings. The Bertz CT molecular complexity index is 2860. The number of furan rings is 1. The van der Waals surface area contributed by atoms with Gasteiger partial charge in [0.25, 0.3) is 0 Å². The SMILES string of the molecule is c1ccc(-c2cccc(-c3nc(-c4ccccc4)nc(-c4ccc5ccc6c7ccc8oc(-c9ccccc9)nc8c7oc6c5c4)n3)c2)cc1. The van der Waals surface area contributed by atoms with Gasteiger partial charge in [-0.05, 0) is 59.0 Å². The number of oxazole rings is 1. The fourth-order valence-electron chi connectivity index (χ4n) is 6.66. The second-order valence-electron chi connectivity index (χ2n) is 12.3. The first-order chi connectivity index (χ1) is 24.7. The van der Waals surface area contributed by atoms with Crippen LogP contribution in [0.1, 0.15) is 0 Å². The Hall–Kier alpha value is -6.92. The topological polar surface area (TPSA) is 77.8 Å². The number of hydrogen-bond donors (Lipinski definition) is 0. The Morgan fingerprint density at radius 3 is 1.64 bits per heavy atom. The highest BCUT2D eigenvalue weighted by Gasteiger charge is 2.19. The molecule has 234 valence electrons. The molecular formula is C44H26N4O2. The number of aromatic nitrogens is 4. The van der Waals surface area contributed by atoms with E-state index in [1.54, 1.807) is 0 Å². The van der Waals surface area contributed by atoms with Crippen LogP contribution in [0.25, 0.3) is 101 Å². The van der Waals surface area contributed by atoms with Crippen LogP contribution in [0.3, 0.4) is 0 Å². The van der Waals surface area contributed by atoms with Crippen molar-refractivity contribution < 1.29 is 8.83 Å². The average molecular weight is 643 g/mol. The largest absolute Gasteiger partial charge is 0.453 e. The number of hydrogen-bond acceptors (Lipinski definition) is 6. The van der Waals surface area contributed by atoms with E-state index in [0.29, 0.717) is 40.0 Å². The minimum Gasteiger partial charge on any atom is -0.453 e. The van der Waals surface area contributed by atoms with Crippen molar-refractivity contribution >= 4 is 43.8 Å². The lowest BCUT2D eigenvalue weighted by atomic mass is 10.0. The van der Waals surface area contributed by atoms with Crippen molar-refractivity contribution in [3.8, 4) is 56.7 Å². The highest BCUT2D eigenvalue weighted by molar-refractivity contribution is 6.19. The van der Waals surface area contributed by atoms with Crippen molar-refractivity contribution in [2.24, 2.45) is 0 Å². The van der Waals surface area contributed by atoms with E-state index in [9.17, 15) is 0 Å². The van der Waals surface area contributed by atoms with E-state index >= 15 is 0 Å². The van der Waals surface area contributed by atoms with Crippen LogP contribution in [-0.4, -0.2) is 19.9 Å². The van der Waals surface area contributed by atoms with Gasteiger partial charge in [0.15, 0.2) is 34.2 Å². The molecule has 0 aliphatic carbocycles. The van der Waals surface area contributed by atoms with Crippen molar-refractivity contribution in [3.05, 3.63) is 158 Å². The van der Waals surface area contributed by atoms with Crippen LogP contribution in [0.15, 0.2) is 167 Å². The second-order valence-corrected chi connectivity index (χ2v) is 12.3. The predicted octanol–water partition coefficient (Wildman–Crippen LogP) is 11.4. The summed E-state index contributed by atoms with van der Waals surface area (Å²) >= 11 is 0. The molecule has 0 saturated heterocycles. The first-order valence-electron chi connectivity index (χ1n) is 16.5. The maximum atomic E-state index is 6.68. The summed E-state index contributed by atoms with van der Waals surface area (Å²) in [5.74, 6) is 2.37. The Morgan fingerprint density at radius 2 is 0.900 bits per heavy atom. The van der Waals surface area contributed by atoms with Gasteiger partial charge in [0.1, 0.15) is 5.58 Å². The molecular weight excluding hydrogens is 617 g/mol. The van der Waals surface area contributed by atoms with Crippen LogP contribution in [0.4, 0.5) is 0 Å². The molecule has 7 aromatic carbocycles. The summed E-state index contributed by atoms with van der Waals surface area (Å²) in [6.45, 7) is 0. The first kappa shape index (κ1) is 28.1. The molecule has 0 aliphatic heterocycles. The van der Waals surface area contributed by atoms with Crippen molar-refractivity contribution in [1.82, 2.24) is 19.9 Å². The van der Waals surface area contributed by atoms with E-state index in [1.807, 2.05) is 103 Å². The maximum absolute atomic E-state index is 6.68. The third kappa shape index (κ3) is 4.73. The van der Waals surface area contributed by atoms with E-state index in [0.717, 1.165) is 60.5 Å². The monoisotopic (exact) mass is 642 g/mol. The van der Waals surface area contributed by atoms with E-state index in [-0.39, 0.29) is 0 Å². The molecule has 0 fully saturated rings. The van der Waals surface area contributed by atoms with Crippen LogP contribution in [0.5, 0.6) is 0 Å². The smallest absolute Gasteiger partial charge is 0.227 e. The number of fused-ring (bicyclic) bond motifs is 7. The summed E-state index contributed by atoms with van der Waals surface area (Å²) in [4.78, 5) is 19.9. The third-order valence-electron chi connectivity index (χ3n) is 9.16. The number of nitrogens with zero attached hydrogens (tertiary/aromatic N) is 4. The van der Waals surface area contributed by atoms with Gasteiger partial charge < -0.3 is 8.83 Å². The standard InChI is InChI=1S/C44H26N4O2/c1-4-11-27(12-5-1)31-17-10-18-32(25-31)42-46-41(29-13-6-2-7-14-29)47-43(48-42)33-20-19-28-21-22-34-35-23-24-37-38(40(35)50-39(34)36(28)26-33)45-44(49-37)30-15-8-3-9-16-30/h1-26H. The van der Waals surface area contributed by atoms with Crippen LogP contribution in [0.2, 0.25) is 0 Å². The molecule has 6 heteroatoms. The van der Waals surface area contributed by atoms with Gasteiger partial charge >= 0.3 is 0 Å². The van der Waals surface area contributed by atoms with Gasteiger partial charge in [-0.2, -0.15) is 0 Å². The Kier molecular flexibility index (Phi) is 6.39. The third-order valence-corrected chi connectivity index (χ3v) is 9.16. The highest BCUT2D eigenvalue weighted by Crippen LogP contribution is 2.39. The summed E-state index contributed by atoms with van der Waals surface area (Å²) in [5, 5.41) is 4.01. The van der Waals surface area contributed by atoms with E-state index in [4.69, 9.17) is 28.8 Å². The molecule has 50 heavy (non-hydrogen) atoms. The normalized spacial score (nSPS) is 11.6. The Labute approximate surface area is 286 Å². The van der Waals surface area contributed by atoms with Crippen LogP contribution < -0.4 is 0 Å². The molecule has 6 nitrogen and oxygen atoms in total. The van der Waals surface area contributed by atoms with Gasteiger partial charge in [0.05, 0.1) is 0 Å². The molecule has 0 aliphatic rings. The van der Waals surface area contributed by atoms with Gasteiger partial charge in [0, 0.05) is 38.4 Å². The van der Waals surface area contributed by atoms with E-state index < -0.39 is 0 Å². The van der Waals surface area contributed by atoms with Gasteiger partial charge in [-0.3, -0.25) is 0 Å². The lowest BCUT2D eigenvalue weighted by Gasteiger charge is -2.10. The van der Waals surface area contributed by atoms with Crippen LogP contribution in [-0.2, 0) is 0 Å². The molecule has 3 aromatic heterocycles. The molecule has 0 N–H and O–H groups in total. The molecule has 0 radical (unpaired) electrons. The predicted molar refractivity (Wildman–Crippen MR) is 199 cm³/mol. The van der Waals surface area contributed by atoms with Crippen molar-refractivity contribution in [2.45, 2.75) is 0 Å². The Balaban J connectivity index is 1.15. The summed E-state index contributed by atoms with van der Waals surface area (Å²) < 4.78 is 12.8. The van der Waals surface area contributed by atoms with Crippen molar-refractivity contribution in [1.29, 1.82) is 0 Å². The molecule has 0 atom stereocenters. The molecule has 3 heterocycles. The number of rotatable bonds is 5. The fourth-order valence-corrected chi connectivity index (χ4v) is 6.66. The molecule has 0 spiro atoms. The van der Waals surface area contributed by atoms with Crippen LogP contribution in [0, 0.1) is 0 Å². The summed E-state index contributed by atoms with van der Waals surface area (Å²) in [7, 11) is 0. The zero-order valence-electron chi connectivity index (χ0n) is 26.6. The molecule has 10 rings (SSSR count). The fraction of sp³-hybridized carbons (Fsp3) is 0. The van der Waals surface area contributed by atoms with Crippen molar-refractivity contribution in [2.75, 3.05) is 0 Å². The summed E-state index contributed by atoms with van der Waals surface area (Å²) in [6, 6.07) is 53.2.